The summed E-state index contributed by atoms with van der Waals surface area (Å²) in [7, 11) is 0. The van der Waals surface area contributed by atoms with Gasteiger partial charge in [-0.2, -0.15) is 0 Å². The highest BCUT2D eigenvalue weighted by atomic mass is 19.1. The largest absolute Gasteiger partial charge is 0.345 e. The van der Waals surface area contributed by atoms with Crippen molar-refractivity contribution in [3.05, 3.63) is 30.1 Å². The number of hydrogen-bond donors (Lipinski definition) is 1. The van der Waals surface area contributed by atoms with Crippen LogP contribution in [0.4, 0.5) is 10.1 Å². The van der Waals surface area contributed by atoms with E-state index in [1.807, 2.05) is 0 Å². The molecule has 1 atom stereocenters. The summed E-state index contributed by atoms with van der Waals surface area (Å²) in [4.78, 5) is 24.7. The number of amides is 2. The van der Waals surface area contributed by atoms with E-state index in [-0.39, 0.29) is 24.8 Å². The number of hydrogen-bond acceptors (Lipinski definition) is 2. The van der Waals surface area contributed by atoms with Crippen LogP contribution in [0.1, 0.15) is 13.3 Å². The molecule has 0 aromatic heterocycles. The van der Waals surface area contributed by atoms with E-state index < -0.39 is 11.9 Å². The molecule has 90 valence electrons. The number of nitrogens with zero attached hydrogens (tertiary/aromatic N) is 1. The van der Waals surface area contributed by atoms with Crippen molar-refractivity contribution < 1.29 is 14.0 Å². The lowest BCUT2D eigenvalue weighted by Gasteiger charge is -2.22. The molecule has 0 saturated carbocycles. The summed E-state index contributed by atoms with van der Waals surface area (Å²) in [6.07, 6.45) is 0.229. The van der Waals surface area contributed by atoms with Crippen molar-refractivity contribution in [3.8, 4) is 0 Å². The number of carbonyl (C=O) groups is 2. The SMILES string of the molecule is CC1NC(=O)CCN(c2cccc(F)c2)C1=O. The zero-order valence-corrected chi connectivity index (χ0v) is 9.44. The van der Waals surface area contributed by atoms with Gasteiger partial charge in [-0.1, -0.05) is 6.07 Å². The Balaban J connectivity index is 2.30. The minimum atomic E-state index is -0.576. The topological polar surface area (TPSA) is 49.4 Å². The summed E-state index contributed by atoms with van der Waals surface area (Å²) in [5.41, 5.74) is 0.485. The van der Waals surface area contributed by atoms with Crippen molar-refractivity contribution in [3.63, 3.8) is 0 Å². The highest BCUT2D eigenvalue weighted by molar-refractivity contribution is 6.00. The molecule has 0 radical (unpaired) electrons. The molecular weight excluding hydrogens is 223 g/mol. The molecule has 0 bridgehead atoms. The van der Waals surface area contributed by atoms with Crippen LogP contribution in [0.2, 0.25) is 0 Å². The second-order valence-electron chi connectivity index (χ2n) is 4.01. The number of carbonyl (C=O) groups excluding carboxylic acids is 2. The van der Waals surface area contributed by atoms with Gasteiger partial charge < -0.3 is 10.2 Å². The Kier molecular flexibility index (Phi) is 3.08. The van der Waals surface area contributed by atoms with Gasteiger partial charge in [0.05, 0.1) is 0 Å². The summed E-state index contributed by atoms with van der Waals surface area (Å²) < 4.78 is 13.1. The first-order chi connectivity index (χ1) is 8.08. The Morgan fingerprint density at radius 3 is 2.88 bits per heavy atom. The van der Waals surface area contributed by atoms with Gasteiger partial charge in [-0.15, -0.1) is 0 Å². The fraction of sp³-hybridized carbons (Fsp3) is 0.333. The molecule has 2 amide bonds. The van der Waals surface area contributed by atoms with Crippen molar-refractivity contribution in [2.45, 2.75) is 19.4 Å². The van der Waals surface area contributed by atoms with E-state index in [2.05, 4.69) is 5.32 Å². The summed E-state index contributed by atoms with van der Waals surface area (Å²) in [6.45, 7) is 1.90. The van der Waals surface area contributed by atoms with Crippen LogP contribution in [0.15, 0.2) is 24.3 Å². The third-order valence-corrected chi connectivity index (χ3v) is 2.70. The summed E-state index contributed by atoms with van der Waals surface area (Å²) in [5.74, 6) is -0.780. The summed E-state index contributed by atoms with van der Waals surface area (Å²) >= 11 is 0. The van der Waals surface area contributed by atoms with Crippen LogP contribution < -0.4 is 10.2 Å². The minimum Gasteiger partial charge on any atom is -0.345 e. The van der Waals surface area contributed by atoms with Crippen LogP contribution >= 0.6 is 0 Å². The molecule has 1 unspecified atom stereocenters. The van der Waals surface area contributed by atoms with Crippen molar-refractivity contribution in [2.24, 2.45) is 0 Å². The molecule has 1 saturated heterocycles. The number of anilines is 1. The van der Waals surface area contributed by atoms with Crippen molar-refractivity contribution in [2.75, 3.05) is 11.4 Å². The molecule has 2 rings (SSSR count). The lowest BCUT2D eigenvalue weighted by molar-refractivity contribution is -0.125. The van der Waals surface area contributed by atoms with Gasteiger partial charge in [0.2, 0.25) is 11.8 Å². The fourth-order valence-corrected chi connectivity index (χ4v) is 1.83. The van der Waals surface area contributed by atoms with Crippen LogP contribution in [0.25, 0.3) is 0 Å². The van der Waals surface area contributed by atoms with Gasteiger partial charge in [0.25, 0.3) is 0 Å². The molecular formula is C12H13FN2O2. The molecule has 1 aromatic rings. The normalized spacial score (nSPS) is 21.1. The monoisotopic (exact) mass is 236 g/mol. The lowest BCUT2D eigenvalue weighted by atomic mass is 10.2. The first-order valence-corrected chi connectivity index (χ1v) is 5.44. The third-order valence-electron chi connectivity index (χ3n) is 2.70. The lowest BCUT2D eigenvalue weighted by Crippen LogP contribution is -2.42. The zero-order chi connectivity index (χ0) is 12.4. The van der Waals surface area contributed by atoms with Crippen LogP contribution in [0.5, 0.6) is 0 Å². The van der Waals surface area contributed by atoms with Gasteiger partial charge in [-0.25, -0.2) is 4.39 Å². The maximum atomic E-state index is 13.1. The predicted octanol–water partition coefficient (Wildman–Crippen LogP) is 1.07. The smallest absolute Gasteiger partial charge is 0.249 e. The van der Waals surface area contributed by atoms with Gasteiger partial charge in [-0.05, 0) is 25.1 Å². The molecule has 1 N–H and O–H groups in total. The number of rotatable bonds is 1. The predicted molar refractivity (Wildman–Crippen MR) is 61.0 cm³/mol. The first kappa shape index (κ1) is 11.6. The molecule has 5 heteroatoms. The molecule has 0 aliphatic carbocycles. The van der Waals surface area contributed by atoms with Gasteiger partial charge in [0, 0.05) is 18.7 Å². The summed E-state index contributed by atoms with van der Waals surface area (Å²) in [5, 5.41) is 2.58. The number of nitrogens with one attached hydrogen (secondary N) is 1. The maximum Gasteiger partial charge on any atom is 0.249 e. The Hall–Kier alpha value is -1.91. The van der Waals surface area contributed by atoms with Gasteiger partial charge >= 0.3 is 0 Å². The zero-order valence-electron chi connectivity index (χ0n) is 9.44. The van der Waals surface area contributed by atoms with Gasteiger partial charge in [-0.3, -0.25) is 9.59 Å². The number of benzene rings is 1. The van der Waals surface area contributed by atoms with Crippen molar-refractivity contribution >= 4 is 17.5 Å². The Labute approximate surface area is 98.4 Å². The maximum absolute atomic E-state index is 13.1. The molecule has 1 aliphatic heterocycles. The van der Waals surface area contributed by atoms with Crippen molar-refractivity contribution in [1.29, 1.82) is 0 Å². The Morgan fingerprint density at radius 2 is 2.18 bits per heavy atom. The molecule has 17 heavy (non-hydrogen) atoms. The van der Waals surface area contributed by atoms with E-state index in [1.54, 1.807) is 19.1 Å². The van der Waals surface area contributed by atoms with E-state index in [4.69, 9.17) is 0 Å². The van der Waals surface area contributed by atoms with E-state index >= 15 is 0 Å². The average molecular weight is 236 g/mol. The van der Waals surface area contributed by atoms with E-state index in [0.29, 0.717) is 5.69 Å². The second-order valence-corrected chi connectivity index (χ2v) is 4.01. The highest BCUT2D eigenvalue weighted by Gasteiger charge is 2.27. The molecule has 1 aliphatic rings. The summed E-state index contributed by atoms with van der Waals surface area (Å²) in [6, 6.07) is 5.24. The fourth-order valence-electron chi connectivity index (χ4n) is 1.83. The standard InChI is InChI=1S/C12H13FN2O2/c1-8-12(17)15(6-5-11(16)14-8)10-4-2-3-9(13)7-10/h2-4,7-8H,5-6H2,1H3,(H,14,16). The molecule has 0 spiro atoms. The molecule has 1 heterocycles. The second kappa shape index (κ2) is 4.53. The average Bonchev–Trinajstić information content (AvgIpc) is 2.40. The van der Waals surface area contributed by atoms with Crippen LogP contribution in [0.3, 0.4) is 0 Å². The van der Waals surface area contributed by atoms with Crippen molar-refractivity contribution in [1.82, 2.24) is 5.32 Å². The van der Waals surface area contributed by atoms with E-state index in [1.165, 1.54) is 17.0 Å². The quantitative estimate of drug-likeness (QED) is 0.792. The Bertz CT molecular complexity index is 462. The van der Waals surface area contributed by atoms with E-state index in [9.17, 15) is 14.0 Å². The van der Waals surface area contributed by atoms with Gasteiger partial charge in [0.1, 0.15) is 11.9 Å². The molecule has 4 nitrogen and oxygen atoms in total. The molecule has 1 fully saturated rings. The third kappa shape index (κ3) is 2.43. The van der Waals surface area contributed by atoms with Gasteiger partial charge in [0.15, 0.2) is 0 Å². The number of halogens is 1. The van der Waals surface area contributed by atoms with E-state index in [0.717, 1.165) is 0 Å². The Morgan fingerprint density at radius 1 is 1.41 bits per heavy atom. The molecule has 1 aromatic carbocycles. The van der Waals surface area contributed by atoms with Crippen LogP contribution in [-0.4, -0.2) is 24.4 Å². The minimum absolute atomic E-state index is 0.162. The van der Waals surface area contributed by atoms with Crippen LogP contribution in [0, 0.1) is 5.82 Å². The first-order valence-electron chi connectivity index (χ1n) is 5.44. The highest BCUT2D eigenvalue weighted by Crippen LogP contribution is 2.18. The van der Waals surface area contributed by atoms with Crippen LogP contribution in [-0.2, 0) is 9.59 Å².